The molecule has 0 aromatic heterocycles. The van der Waals surface area contributed by atoms with Gasteiger partial charge in [0.05, 0.1) is 0 Å². The van der Waals surface area contributed by atoms with E-state index < -0.39 is 0 Å². The monoisotopic (exact) mass is 247 g/mol. The molecule has 4 heteroatoms. The summed E-state index contributed by atoms with van der Waals surface area (Å²) in [5.74, 6) is 0.137. The number of hydrogen-bond donors (Lipinski definition) is 1. The Morgan fingerprint density at radius 1 is 1.28 bits per heavy atom. The number of anilines is 1. The van der Waals surface area contributed by atoms with E-state index in [0.717, 1.165) is 30.9 Å². The van der Waals surface area contributed by atoms with Gasteiger partial charge in [-0.05, 0) is 38.2 Å². The molecule has 1 aromatic carbocycles. The van der Waals surface area contributed by atoms with E-state index in [1.54, 1.807) is 0 Å². The van der Waals surface area contributed by atoms with Crippen LogP contribution in [0.2, 0.25) is 0 Å². The Kier molecular flexibility index (Phi) is 3.87. The third-order valence-corrected chi connectivity index (χ3v) is 3.67. The van der Waals surface area contributed by atoms with Crippen molar-refractivity contribution in [3.63, 3.8) is 0 Å². The van der Waals surface area contributed by atoms with Crippen LogP contribution in [0.4, 0.5) is 5.69 Å². The lowest BCUT2D eigenvalue weighted by atomic mass is 10.1. The minimum absolute atomic E-state index is 0.137. The first-order valence-corrected chi connectivity index (χ1v) is 6.39. The predicted molar refractivity (Wildman–Crippen MR) is 74.0 cm³/mol. The molecule has 1 aliphatic rings. The van der Waals surface area contributed by atoms with E-state index in [-0.39, 0.29) is 5.91 Å². The first kappa shape index (κ1) is 12.9. The minimum Gasteiger partial charge on any atom is -0.388 e. The quantitative estimate of drug-likeness (QED) is 0.860. The van der Waals surface area contributed by atoms with Crippen molar-refractivity contribution in [1.29, 1.82) is 0 Å². The van der Waals surface area contributed by atoms with Crippen molar-refractivity contribution >= 4 is 11.6 Å². The molecule has 1 aliphatic heterocycles. The van der Waals surface area contributed by atoms with Crippen molar-refractivity contribution < 1.29 is 4.79 Å². The molecule has 0 spiro atoms. The lowest BCUT2D eigenvalue weighted by molar-refractivity contribution is 0.0572. The van der Waals surface area contributed by atoms with Crippen molar-refractivity contribution in [2.24, 2.45) is 0 Å². The van der Waals surface area contributed by atoms with Gasteiger partial charge in [0.25, 0.3) is 5.91 Å². The summed E-state index contributed by atoms with van der Waals surface area (Å²) < 4.78 is 0. The highest BCUT2D eigenvalue weighted by Gasteiger charge is 2.24. The molecule has 18 heavy (non-hydrogen) atoms. The molecule has 1 heterocycles. The van der Waals surface area contributed by atoms with E-state index in [0.29, 0.717) is 6.04 Å². The summed E-state index contributed by atoms with van der Waals surface area (Å²) in [6, 6.07) is 8.08. The third-order valence-electron chi connectivity index (χ3n) is 3.67. The van der Waals surface area contributed by atoms with Gasteiger partial charge in [-0.15, -0.1) is 0 Å². The van der Waals surface area contributed by atoms with Crippen LogP contribution in [-0.2, 0) is 0 Å². The second kappa shape index (κ2) is 5.40. The fraction of sp³-hybridized carbons (Fsp3) is 0.500. The normalized spacial score (nSPS) is 20.8. The van der Waals surface area contributed by atoms with Crippen LogP contribution in [-0.4, -0.2) is 55.5 Å². The molecular formula is C14H21N3O. The molecule has 1 N–H and O–H groups in total. The van der Waals surface area contributed by atoms with E-state index in [2.05, 4.69) is 24.2 Å². The molecule has 0 radical (unpaired) electrons. The SMILES string of the molecule is CNc1ccc(C(=O)N2CCN(C)C(C)C2)cc1. The molecular weight excluding hydrogens is 226 g/mol. The molecule has 1 amide bonds. The molecule has 1 unspecified atom stereocenters. The number of carbonyl (C=O) groups excluding carboxylic acids is 1. The second-order valence-electron chi connectivity index (χ2n) is 4.91. The van der Waals surface area contributed by atoms with Crippen molar-refractivity contribution in [2.45, 2.75) is 13.0 Å². The average molecular weight is 247 g/mol. The number of rotatable bonds is 2. The molecule has 1 aromatic rings. The zero-order chi connectivity index (χ0) is 13.1. The summed E-state index contributed by atoms with van der Waals surface area (Å²) in [7, 11) is 3.98. The highest BCUT2D eigenvalue weighted by Crippen LogP contribution is 2.14. The third kappa shape index (κ3) is 2.64. The highest BCUT2D eigenvalue weighted by molar-refractivity contribution is 5.94. The fourth-order valence-corrected chi connectivity index (χ4v) is 2.19. The van der Waals surface area contributed by atoms with Crippen molar-refractivity contribution in [2.75, 3.05) is 39.0 Å². The van der Waals surface area contributed by atoms with Crippen molar-refractivity contribution in [3.8, 4) is 0 Å². The molecule has 4 nitrogen and oxygen atoms in total. The van der Waals surface area contributed by atoms with E-state index in [4.69, 9.17) is 0 Å². The van der Waals surface area contributed by atoms with E-state index in [9.17, 15) is 4.79 Å². The van der Waals surface area contributed by atoms with Gasteiger partial charge in [0.15, 0.2) is 0 Å². The molecule has 1 saturated heterocycles. The van der Waals surface area contributed by atoms with Crippen LogP contribution in [0.3, 0.4) is 0 Å². The zero-order valence-electron chi connectivity index (χ0n) is 11.3. The van der Waals surface area contributed by atoms with Gasteiger partial charge in [-0.3, -0.25) is 4.79 Å². The maximum absolute atomic E-state index is 12.3. The first-order valence-electron chi connectivity index (χ1n) is 6.39. The summed E-state index contributed by atoms with van der Waals surface area (Å²) in [6.45, 7) is 4.72. The Balaban J connectivity index is 2.06. The molecule has 2 rings (SSSR count). The summed E-state index contributed by atoms with van der Waals surface area (Å²) in [4.78, 5) is 16.6. The van der Waals surface area contributed by atoms with Gasteiger partial charge in [-0.25, -0.2) is 0 Å². The second-order valence-corrected chi connectivity index (χ2v) is 4.91. The summed E-state index contributed by atoms with van der Waals surface area (Å²) in [5, 5.41) is 3.05. The van der Waals surface area contributed by atoms with Gasteiger partial charge in [0, 0.05) is 44.0 Å². The van der Waals surface area contributed by atoms with Crippen LogP contribution in [0.1, 0.15) is 17.3 Å². The zero-order valence-corrected chi connectivity index (χ0v) is 11.3. The molecule has 0 saturated carbocycles. The number of nitrogens with zero attached hydrogens (tertiary/aromatic N) is 2. The number of nitrogens with one attached hydrogen (secondary N) is 1. The van der Waals surface area contributed by atoms with E-state index in [1.807, 2.05) is 36.2 Å². The first-order chi connectivity index (χ1) is 8.61. The van der Waals surface area contributed by atoms with Crippen LogP contribution in [0.25, 0.3) is 0 Å². The summed E-state index contributed by atoms with van der Waals surface area (Å²) in [5.41, 5.74) is 1.80. The number of carbonyl (C=O) groups is 1. The van der Waals surface area contributed by atoms with Crippen molar-refractivity contribution in [1.82, 2.24) is 9.80 Å². The van der Waals surface area contributed by atoms with Gasteiger partial charge < -0.3 is 15.1 Å². The van der Waals surface area contributed by atoms with Gasteiger partial charge in [0.1, 0.15) is 0 Å². The fourth-order valence-electron chi connectivity index (χ4n) is 2.19. The molecule has 98 valence electrons. The molecule has 1 atom stereocenters. The number of amides is 1. The summed E-state index contributed by atoms with van der Waals surface area (Å²) >= 11 is 0. The smallest absolute Gasteiger partial charge is 0.253 e. The largest absolute Gasteiger partial charge is 0.388 e. The number of likely N-dealkylation sites (N-methyl/N-ethyl adjacent to an activating group) is 1. The Bertz CT molecular complexity index is 416. The van der Waals surface area contributed by atoms with Crippen LogP contribution in [0, 0.1) is 0 Å². The molecule has 0 bridgehead atoms. The minimum atomic E-state index is 0.137. The van der Waals surface area contributed by atoms with Crippen molar-refractivity contribution in [3.05, 3.63) is 29.8 Å². The lowest BCUT2D eigenvalue weighted by Gasteiger charge is -2.37. The molecule has 1 fully saturated rings. The van der Waals surface area contributed by atoms with Crippen LogP contribution in [0.5, 0.6) is 0 Å². The van der Waals surface area contributed by atoms with Gasteiger partial charge in [0.2, 0.25) is 0 Å². The summed E-state index contributed by atoms with van der Waals surface area (Å²) in [6.07, 6.45) is 0. The van der Waals surface area contributed by atoms with Gasteiger partial charge >= 0.3 is 0 Å². The average Bonchev–Trinajstić information content (AvgIpc) is 2.41. The Morgan fingerprint density at radius 3 is 2.50 bits per heavy atom. The number of hydrogen-bond acceptors (Lipinski definition) is 3. The highest BCUT2D eigenvalue weighted by atomic mass is 16.2. The van der Waals surface area contributed by atoms with E-state index >= 15 is 0 Å². The Labute approximate surface area is 109 Å². The number of piperazine rings is 1. The van der Waals surface area contributed by atoms with Gasteiger partial charge in [-0.2, -0.15) is 0 Å². The number of benzene rings is 1. The van der Waals surface area contributed by atoms with Crippen LogP contribution < -0.4 is 5.32 Å². The van der Waals surface area contributed by atoms with Crippen LogP contribution in [0.15, 0.2) is 24.3 Å². The lowest BCUT2D eigenvalue weighted by Crippen LogP contribution is -2.52. The molecule has 0 aliphatic carbocycles. The maximum Gasteiger partial charge on any atom is 0.253 e. The topological polar surface area (TPSA) is 35.6 Å². The Hall–Kier alpha value is -1.55. The predicted octanol–water partition coefficient (Wildman–Crippen LogP) is 1.50. The van der Waals surface area contributed by atoms with E-state index in [1.165, 1.54) is 0 Å². The maximum atomic E-state index is 12.3. The Morgan fingerprint density at radius 2 is 1.94 bits per heavy atom. The van der Waals surface area contributed by atoms with Crippen LogP contribution >= 0.6 is 0 Å². The van der Waals surface area contributed by atoms with Gasteiger partial charge in [-0.1, -0.05) is 0 Å². The standard InChI is InChI=1S/C14H21N3O/c1-11-10-17(9-8-16(11)3)14(18)12-4-6-13(15-2)7-5-12/h4-7,11,15H,8-10H2,1-3H3.